The lowest BCUT2D eigenvalue weighted by Gasteiger charge is -2.33. The van der Waals surface area contributed by atoms with Crippen LogP contribution in [-0.4, -0.2) is 11.2 Å². The van der Waals surface area contributed by atoms with Gasteiger partial charge in [-0.05, 0) is 29.6 Å². The topological polar surface area (TPSA) is 17.1 Å². The summed E-state index contributed by atoms with van der Waals surface area (Å²) in [6, 6.07) is 0. The molecule has 0 amide bonds. The molecular formula is C8H7ClO. The van der Waals surface area contributed by atoms with Crippen LogP contribution in [0.1, 0.15) is 0 Å². The monoisotopic (exact) mass is 154 g/mol. The molecule has 0 radical (unpaired) electrons. The molecule has 0 spiro atoms. The van der Waals surface area contributed by atoms with Gasteiger partial charge in [0.05, 0.1) is 5.38 Å². The minimum absolute atomic E-state index is 0.0741. The van der Waals surface area contributed by atoms with Crippen LogP contribution >= 0.6 is 11.6 Å². The summed E-state index contributed by atoms with van der Waals surface area (Å²) in [5.74, 6) is 5.14. The average molecular weight is 155 g/mol. The van der Waals surface area contributed by atoms with Crippen LogP contribution in [0.4, 0.5) is 0 Å². The number of carbonyl (C=O) groups excluding carboxylic acids is 1. The van der Waals surface area contributed by atoms with Crippen LogP contribution in [0.5, 0.6) is 0 Å². The first-order chi connectivity index (χ1) is 4.82. The summed E-state index contributed by atoms with van der Waals surface area (Å²) in [4.78, 5) is 11.2. The van der Waals surface area contributed by atoms with E-state index in [0.717, 1.165) is 23.7 Å². The molecule has 52 valence electrons. The SMILES string of the molecule is O=C1[C@H](Cl)[C@@H]2C3C4C3C4[C@H]12. The Balaban J connectivity index is 1.86. The molecule has 5 atom stereocenters. The van der Waals surface area contributed by atoms with Gasteiger partial charge >= 0.3 is 0 Å². The van der Waals surface area contributed by atoms with Crippen LogP contribution in [0.2, 0.25) is 0 Å². The Morgan fingerprint density at radius 2 is 1.60 bits per heavy atom. The van der Waals surface area contributed by atoms with Crippen molar-refractivity contribution in [3.05, 3.63) is 0 Å². The molecule has 2 bridgehead atoms. The van der Waals surface area contributed by atoms with Gasteiger partial charge in [0.1, 0.15) is 0 Å². The van der Waals surface area contributed by atoms with Crippen molar-refractivity contribution in [2.75, 3.05) is 0 Å². The largest absolute Gasteiger partial charge is 0.298 e. The highest BCUT2D eigenvalue weighted by Crippen LogP contribution is 2.88. The Morgan fingerprint density at radius 3 is 2.20 bits per heavy atom. The summed E-state index contributed by atoms with van der Waals surface area (Å²) in [6.45, 7) is 0. The number of carbonyl (C=O) groups is 1. The highest BCUT2D eigenvalue weighted by Gasteiger charge is 2.89. The fourth-order valence-electron chi connectivity index (χ4n) is 3.64. The molecule has 0 aliphatic heterocycles. The predicted octanol–water partition coefficient (Wildman–Crippen LogP) is 0.914. The predicted molar refractivity (Wildman–Crippen MR) is 35.6 cm³/mol. The van der Waals surface area contributed by atoms with Crippen LogP contribution in [-0.2, 0) is 4.79 Å². The number of hydrogen-bond donors (Lipinski definition) is 0. The van der Waals surface area contributed by atoms with Gasteiger partial charge in [0, 0.05) is 5.92 Å². The molecule has 5 saturated carbocycles. The number of Topliss-reactive ketones (excluding diaryl/α,β-unsaturated/α-hetero) is 1. The molecular weight excluding hydrogens is 148 g/mol. The standard InChI is InChI=1S/C8H7ClO/c9-7-5-3-1-2(3)4(1)6(5)8(7)10/h1-7H/t1?,2?,3?,4?,5-,6+,7-/m1/s1. The van der Waals surface area contributed by atoms with Crippen LogP contribution < -0.4 is 0 Å². The Labute approximate surface area is 63.7 Å². The van der Waals surface area contributed by atoms with Crippen molar-refractivity contribution in [2.45, 2.75) is 5.38 Å². The molecule has 2 unspecified atom stereocenters. The molecule has 5 fully saturated rings. The first-order valence-electron chi connectivity index (χ1n) is 4.00. The summed E-state index contributed by atoms with van der Waals surface area (Å²) in [5.41, 5.74) is 0. The van der Waals surface area contributed by atoms with Crippen molar-refractivity contribution in [2.24, 2.45) is 35.5 Å². The van der Waals surface area contributed by atoms with E-state index in [0.29, 0.717) is 17.6 Å². The molecule has 0 N–H and O–H groups in total. The van der Waals surface area contributed by atoms with Gasteiger partial charge in [0.25, 0.3) is 0 Å². The van der Waals surface area contributed by atoms with E-state index in [2.05, 4.69) is 0 Å². The average Bonchev–Trinajstić information content (AvgIpc) is 2.77. The summed E-state index contributed by atoms with van der Waals surface area (Å²) >= 11 is 5.89. The maximum absolute atomic E-state index is 11.2. The van der Waals surface area contributed by atoms with E-state index >= 15 is 0 Å². The normalized spacial score (nSPS) is 79.7. The van der Waals surface area contributed by atoms with Gasteiger partial charge in [0.2, 0.25) is 0 Å². The van der Waals surface area contributed by atoms with E-state index in [4.69, 9.17) is 11.6 Å². The summed E-state index contributed by atoms with van der Waals surface area (Å²) in [6.07, 6.45) is 0. The second kappa shape index (κ2) is 0.989. The third-order valence-electron chi connectivity index (χ3n) is 4.15. The third-order valence-corrected chi connectivity index (χ3v) is 4.66. The van der Waals surface area contributed by atoms with E-state index in [-0.39, 0.29) is 5.38 Å². The maximum atomic E-state index is 11.2. The first-order valence-corrected chi connectivity index (χ1v) is 4.44. The fraction of sp³-hybridized carbons (Fsp3) is 0.875. The molecule has 0 aromatic carbocycles. The van der Waals surface area contributed by atoms with Crippen molar-refractivity contribution in [1.29, 1.82) is 0 Å². The van der Waals surface area contributed by atoms with Crippen molar-refractivity contribution in [3.8, 4) is 0 Å². The zero-order valence-corrected chi connectivity index (χ0v) is 6.08. The van der Waals surface area contributed by atoms with Gasteiger partial charge in [-0.1, -0.05) is 0 Å². The lowest BCUT2D eigenvalue weighted by Crippen LogP contribution is -2.46. The second-order valence-corrected chi connectivity index (χ2v) is 4.69. The number of halogens is 1. The molecule has 0 heterocycles. The first kappa shape index (κ1) is 4.76. The van der Waals surface area contributed by atoms with E-state index in [1.165, 1.54) is 0 Å². The number of rotatable bonds is 0. The Morgan fingerprint density at radius 1 is 1.00 bits per heavy atom. The molecule has 0 aromatic heterocycles. The lowest BCUT2D eigenvalue weighted by atomic mass is 9.74. The highest BCUT2D eigenvalue weighted by atomic mass is 35.5. The van der Waals surface area contributed by atoms with Crippen LogP contribution in [0.15, 0.2) is 0 Å². The van der Waals surface area contributed by atoms with Crippen molar-refractivity contribution < 1.29 is 4.79 Å². The van der Waals surface area contributed by atoms with Gasteiger partial charge < -0.3 is 0 Å². The van der Waals surface area contributed by atoms with Gasteiger partial charge in [-0.2, -0.15) is 0 Å². The van der Waals surface area contributed by atoms with Crippen LogP contribution in [0, 0.1) is 35.5 Å². The Kier molecular flexibility index (Phi) is 0.471. The van der Waals surface area contributed by atoms with Crippen molar-refractivity contribution in [1.82, 2.24) is 0 Å². The molecule has 5 aliphatic carbocycles. The minimum Gasteiger partial charge on any atom is -0.298 e. The maximum Gasteiger partial charge on any atom is 0.154 e. The fourth-order valence-corrected chi connectivity index (χ4v) is 4.11. The lowest BCUT2D eigenvalue weighted by molar-refractivity contribution is -0.132. The molecule has 0 aromatic rings. The molecule has 0 saturated heterocycles. The quantitative estimate of drug-likeness (QED) is 0.474. The Bertz CT molecular complexity index is 252. The summed E-state index contributed by atoms with van der Waals surface area (Å²) in [5, 5.41) is -0.0741. The van der Waals surface area contributed by atoms with E-state index in [9.17, 15) is 4.79 Å². The summed E-state index contributed by atoms with van der Waals surface area (Å²) in [7, 11) is 0. The van der Waals surface area contributed by atoms with Crippen molar-refractivity contribution in [3.63, 3.8) is 0 Å². The van der Waals surface area contributed by atoms with Gasteiger partial charge in [-0.15, -0.1) is 11.6 Å². The zero-order valence-electron chi connectivity index (χ0n) is 5.33. The van der Waals surface area contributed by atoms with Gasteiger partial charge in [-0.3, -0.25) is 4.79 Å². The van der Waals surface area contributed by atoms with Gasteiger partial charge in [-0.25, -0.2) is 0 Å². The third kappa shape index (κ3) is 0.241. The molecule has 2 heteroatoms. The number of alkyl halides is 1. The van der Waals surface area contributed by atoms with Crippen LogP contribution in [0.25, 0.3) is 0 Å². The van der Waals surface area contributed by atoms with E-state index in [1.54, 1.807) is 0 Å². The second-order valence-electron chi connectivity index (χ2n) is 4.22. The van der Waals surface area contributed by atoms with E-state index in [1.807, 2.05) is 0 Å². The van der Waals surface area contributed by atoms with Crippen molar-refractivity contribution >= 4 is 17.4 Å². The van der Waals surface area contributed by atoms with Gasteiger partial charge in [0.15, 0.2) is 5.78 Å². The molecule has 10 heavy (non-hydrogen) atoms. The highest BCUT2D eigenvalue weighted by molar-refractivity contribution is 6.34. The molecule has 5 rings (SSSR count). The molecule has 1 nitrogen and oxygen atoms in total. The zero-order chi connectivity index (χ0) is 6.62. The number of ketones is 1. The Hall–Kier alpha value is -0.0400. The number of hydrogen-bond acceptors (Lipinski definition) is 1. The molecule has 5 aliphatic rings. The minimum atomic E-state index is -0.0741. The van der Waals surface area contributed by atoms with E-state index < -0.39 is 0 Å². The summed E-state index contributed by atoms with van der Waals surface area (Å²) < 4.78 is 0. The smallest absolute Gasteiger partial charge is 0.154 e. The van der Waals surface area contributed by atoms with Crippen LogP contribution in [0.3, 0.4) is 0 Å².